The van der Waals surface area contributed by atoms with Gasteiger partial charge in [-0.2, -0.15) is 5.10 Å². The lowest BCUT2D eigenvalue weighted by atomic mass is 9.70. The van der Waals surface area contributed by atoms with Crippen molar-refractivity contribution in [3.8, 4) is 0 Å². The van der Waals surface area contributed by atoms with E-state index in [1.165, 1.54) is 0 Å². The molecule has 20 heavy (non-hydrogen) atoms. The van der Waals surface area contributed by atoms with Crippen LogP contribution in [0.3, 0.4) is 0 Å². The van der Waals surface area contributed by atoms with Crippen molar-refractivity contribution >= 4 is 17.6 Å². The van der Waals surface area contributed by atoms with Crippen molar-refractivity contribution in [3.63, 3.8) is 0 Å². The molecule has 6 nitrogen and oxygen atoms in total. The van der Waals surface area contributed by atoms with Gasteiger partial charge in [0.2, 0.25) is 5.91 Å². The molecule has 0 aromatic carbocycles. The van der Waals surface area contributed by atoms with Gasteiger partial charge >= 0.3 is 0 Å². The van der Waals surface area contributed by atoms with Crippen LogP contribution in [-0.4, -0.2) is 17.6 Å². The van der Waals surface area contributed by atoms with Gasteiger partial charge in [-0.05, 0) is 18.9 Å². The van der Waals surface area contributed by atoms with E-state index in [0.29, 0.717) is 6.42 Å². The Bertz CT molecular complexity index is 520. The van der Waals surface area contributed by atoms with E-state index < -0.39 is 0 Å². The van der Waals surface area contributed by atoms with Crippen LogP contribution in [0.2, 0.25) is 0 Å². The monoisotopic (exact) mass is 275 g/mol. The van der Waals surface area contributed by atoms with Crippen molar-refractivity contribution in [1.29, 1.82) is 5.41 Å². The molecule has 6 heteroatoms. The molecule has 1 aliphatic heterocycles. The smallest absolute Gasteiger partial charge is 0.240 e. The fourth-order valence-electron chi connectivity index (χ4n) is 2.81. The molecule has 0 bridgehead atoms. The molecule has 0 saturated heterocycles. The minimum absolute atomic E-state index is 0.0261. The van der Waals surface area contributed by atoms with E-state index in [1.807, 2.05) is 19.1 Å². The molecule has 1 aliphatic carbocycles. The van der Waals surface area contributed by atoms with Gasteiger partial charge in [0.15, 0.2) is 5.96 Å². The summed E-state index contributed by atoms with van der Waals surface area (Å²) in [5, 5.41) is 14.3. The summed E-state index contributed by atoms with van der Waals surface area (Å²) in [6.07, 6.45) is 8.24. The summed E-state index contributed by atoms with van der Waals surface area (Å²) < 4.78 is 0. The predicted molar refractivity (Wildman–Crippen MR) is 79.0 cm³/mol. The van der Waals surface area contributed by atoms with Crippen molar-refractivity contribution < 1.29 is 4.79 Å². The fraction of sp³-hybridized carbons (Fsp3) is 0.500. The first kappa shape index (κ1) is 14.3. The van der Waals surface area contributed by atoms with E-state index in [0.717, 1.165) is 24.3 Å². The number of rotatable bonds is 3. The van der Waals surface area contributed by atoms with Gasteiger partial charge in [0.05, 0.1) is 5.71 Å². The third-order valence-corrected chi connectivity index (χ3v) is 3.95. The second-order valence-corrected chi connectivity index (χ2v) is 5.38. The van der Waals surface area contributed by atoms with Crippen LogP contribution in [0.1, 0.15) is 33.1 Å². The van der Waals surface area contributed by atoms with Crippen molar-refractivity contribution in [2.45, 2.75) is 33.1 Å². The highest BCUT2D eigenvalue weighted by Gasteiger charge is 2.37. The molecule has 1 amide bonds. The van der Waals surface area contributed by atoms with Gasteiger partial charge in [0.25, 0.3) is 0 Å². The largest absolute Gasteiger partial charge is 0.370 e. The normalized spacial score (nSPS) is 29.3. The Morgan fingerprint density at radius 2 is 2.45 bits per heavy atom. The van der Waals surface area contributed by atoms with Crippen LogP contribution in [0.4, 0.5) is 0 Å². The summed E-state index contributed by atoms with van der Waals surface area (Å²) in [5.41, 5.74) is 9.61. The molecule has 5 N–H and O–H groups in total. The van der Waals surface area contributed by atoms with E-state index in [4.69, 9.17) is 11.1 Å². The SMILES string of the molecule is CCC1(C2=NNC(=O)CC2C)C=CC(NC(=N)N)=CC1. The standard InChI is InChI=1S/C14H21N5O/c1-3-14(12-9(2)8-11(20)18-19-12)6-4-10(5-7-14)17-13(15)16/h4-6,9H,3,7-8H2,1-2H3,(H,18,20)(H4,15,16,17). The highest BCUT2D eigenvalue weighted by Crippen LogP contribution is 2.38. The maximum Gasteiger partial charge on any atom is 0.240 e. The zero-order valence-corrected chi connectivity index (χ0v) is 11.9. The Balaban J connectivity index is 2.21. The number of amides is 1. The van der Waals surface area contributed by atoms with E-state index in [2.05, 4.69) is 28.8 Å². The molecule has 0 saturated carbocycles. The first-order valence-corrected chi connectivity index (χ1v) is 6.84. The number of hydrogen-bond donors (Lipinski definition) is 4. The molecular formula is C14H21N5O. The summed E-state index contributed by atoms with van der Waals surface area (Å²) in [6.45, 7) is 4.16. The molecule has 0 radical (unpaired) electrons. The van der Waals surface area contributed by atoms with Crippen LogP contribution in [0.25, 0.3) is 0 Å². The number of carbonyl (C=O) groups is 1. The second-order valence-electron chi connectivity index (χ2n) is 5.38. The lowest BCUT2D eigenvalue weighted by molar-refractivity contribution is -0.122. The molecule has 0 aromatic rings. The lowest BCUT2D eigenvalue weighted by Gasteiger charge is -2.37. The third kappa shape index (κ3) is 2.74. The lowest BCUT2D eigenvalue weighted by Crippen LogP contribution is -2.42. The Morgan fingerprint density at radius 1 is 1.70 bits per heavy atom. The first-order valence-electron chi connectivity index (χ1n) is 6.84. The molecule has 2 rings (SSSR count). The summed E-state index contributed by atoms with van der Waals surface area (Å²) >= 11 is 0. The number of hydrogen-bond acceptors (Lipinski definition) is 3. The Labute approximate surface area is 118 Å². The van der Waals surface area contributed by atoms with Crippen LogP contribution in [0.15, 0.2) is 29.0 Å². The van der Waals surface area contributed by atoms with Crippen LogP contribution >= 0.6 is 0 Å². The van der Waals surface area contributed by atoms with E-state index >= 15 is 0 Å². The maximum atomic E-state index is 11.4. The van der Waals surface area contributed by atoms with E-state index in [1.54, 1.807) is 0 Å². The molecule has 2 unspecified atom stereocenters. The van der Waals surface area contributed by atoms with Crippen LogP contribution in [0.5, 0.6) is 0 Å². The average molecular weight is 275 g/mol. The summed E-state index contributed by atoms with van der Waals surface area (Å²) in [7, 11) is 0. The average Bonchev–Trinajstić information content (AvgIpc) is 2.40. The topological polar surface area (TPSA) is 103 Å². The van der Waals surface area contributed by atoms with Gasteiger partial charge in [-0.3, -0.25) is 10.2 Å². The van der Waals surface area contributed by atoms with Gasteiger partial charge in [0, 0.05) is 23.5 Å². The molecule has 108 valence electrons. The van der Waals surface area contributed by atoms with Gasteiger partial charge in [-0.25, -0.2) is 5.43 Å². The number of guanidine groups is 1. The highest BCUT2D eigenvalue weighted by atomic mass is 16.2. The van der Waals surface area contributed by atoms with Crippen LogP contribution in [0, 0.1) is 16.7 Å². The highest BCUT2D eigenvalue weighted by molar-refractivity contribution is 5.99. The molecule has 0 aromatic heterocycles. The Kier molecular flexibility index (Phi) is 3.92. The summed E-state index contributed by atoms with van der Waals surface area (Å²) in [6, 6.07) is 0. The van der Waals surface area contributed by atoms with Gasteiger partial charge in [-0.1, -0.05) is 26.0 Å². The van der Waals surface area contributed by atoms with Gasteiger partial charge in [0.1, 0.15) is 0 Å². The van der Waals surface area contributed by atoms with Gasteiger partial charge in [-0.15, -0.1) is 0 Å². The third-order valence-electron chi connectivity index (χ3n) is 3.95. The van der Waals surface area contributed by atoms with Gasteiger partial charge < -0.3 is 11.1 Å². The number of nitrogens with one attached hydrogen (secondary N) is 3. The quantitative estimate of drug-likeness (QED) is 0.460. The number of allylic oxidation sites excluding steroid dienone is 3. The minimum atomic E-state index is -0.158. The van der Waals surface area contributed by atoms with E-state index in [-0.39, 0.29) is 23.2 Å². The van der Waals surface area contributed by atoms with Crippen molar-refractivity contribution in [2.75, 3.05) is 0 Å². The molecule has 1 heterocycles. The number of carbonyl (C=O) groups excluding carboxylic acids is 1. The van der Waals surface area contributed by atoms with E-state index in [9.17, 15) is 4.79 Å². The van der Waals surface area contributed by atoms with Crippen LogP contribution < -0.4 is 16.5 Å². The van der Waals surface area contributed by atoms with Crippen LogP contribution in [-0.2, 0) is 4.79 Å². The zero-order valence-electron chi connectivity index (χ0n) is 11.9. The second kappa shape index (κ2) is 5.48. The number of hydrazone groups is 1. The Morgan fingerprint density at radius 3 is 2.95 bits per heavy atom. The Hall–Kier alpha value is -2.11. The fourth-order valence-corrected chi connectivity index (χ4v) is 2.81. The number of nitrogens with zero attached hydrogens (tertiary/aromatic N) is 1. The van der Waals surface area contributed by atoms with Crippen molar-refractivity contribution in [1.82, 2.24) is 10.7 Å². The molecular weight excluding hydrogens is 254 g/mol. The minimum Gasteiger partial charge on any atom is -0.370 e. The van der Waals surface area contributed by atoms with Crippen molar-refractivity contribution in [2.24, 2.45) is 22.2 Å². The first-order chi connectivity index (χ1) is 9.47. The molecule has 0 fully saturated rings. The zero-order chi connectivity index (χ0) is 14.8. The number of nitrogens with two attached hydrogens (primary N) is 1. The predicted octanol–water partition coefficient (Wildman–Crippen LogP) is 1.22. The maximum absolute atomic E-state index is 11.4. The summed E-state index contributed by atoms with van der Waals surface area (Å²) in [4.78, 5) is 11.4. The molecule has 2 aliphatic rings. The molecule has 2 atom stereocenters. The molecule has 0 spiro atoms. The summed E-state index contributed by atoms with van der Waals surface area (Å²) in [5.74, 6) is 0.0476. The van der Waals surface area contributed by atoms with Crippen molar-refractivity contribution in [3.05, 3.63) is 23.9 Å².